The van der Waals surface area contributed by atoms with Crippen molar-refractivity contribution < 1.29 is 0 Å². The Morgan fingerprint density at radius 1 is 1.29 bits per heavy atom. The smallest absolute Gasteiger partial charge is 0.0235 e. The first-order valence-corrected chi connectivity index (χ1v) is 7.13. The van der Waals surface area contributed by atoms with Crippen molar-refractivity contribution in [2.75, 3.05) is 32.7 Å². The van der Waals surface area contributed by atoms with Gasteiger partial charge >= 0.3 is 0 Å². The molecule has 1 saturated heterocycles. The third-order valence-electron chi connectivity index (χ3n) is 4.27. The Balaban J connectivity index is 1.76. The van der Waals surface area contributed by atoms with E-state index in [0.29, 0.717) is 12.0 Å². The van der Waals surface area contributed by atoms with Crippen LogP contribution in [-0.2, 0) is 0 Å². The van der Waals surface area contributed by atoms with Crippen LogP contribution in [0.2, 0.25) is 0 Å². The fourth-order valence-electron chi connectivity index (χ4n) is 3.29. The lowest BCUT2D eigenvalue weighted by Crippen LogP contribution is -2.38. The average Bonchev–Trinajstić information content (AvgIpc) is 2.91. The predicted octanol–water partition coefficient (Wildman–Crippen LogP) is 1.31. The van der Waals surface area contributed by atoms with E-state index in [1.807, 2.05) is 0 Å². The Morgan fingerprint density at radius 3 is 2.65 bits per heavy atom. The number of likely N-dealkylation sites (N-methyl/N-ethyl adjacent to an activating group) is 1. The van der Waals surface area contributed by atoms with Crippen LogP contribution in [-0.4, -0.2) is 54.6 Å². The standard InChI is InChI=1S/C14H27N3/c1-3-17(4-2)14-7-8-16(11-14)10-12-5-6-13(15)9-12/h5-6,12-14H,3-4,7-11,15H2,1-2H3. The Kier molecular flexibility index (Phi) is 4.60. The Bertz CT molecular complexity index is 260. The maximum atomic E-state index is 5.90. The van der Waals surface area contributed by atoms with E-state index in [9.17, 15) is 0 Å². The second-order valence-electron chi connectivity index (χ2n) is 5.47. The molecule has 0 aromatic carbocycles. The largest absolute Gasteiger partial charge is 0.324 e. The van der Waals surface area contributed by atoms with Crippen molar-refractivity contribution in [3.63, 3.8) is 0 Å². The predicted molar refractivity (Wildman–Crippen MR) is 73.0 cm³/mol. The molecule has 17 heavy (non-hydrogen) atoms. The van der Waals surface area contributed by atoms with Crippen LogP contribution in [0.15, 0.2) is 12.2 Å². The number of nitrogens with two attached hydrogens (primary N) is 1. The quantitative estimate of drug-likeness (QED) is 0.732. The molecule has 2 aliphatic rings. The number of hydrogen-bond acceptors (Lipinski definition) is 3. The Hall–Kier alpha value is -0.380. The Morgan fingerprint density at radius 2 is 2.06 bits per heavy atom. The van der Waals surface area contributed by atoms with Crippen molar-refractivity contribution in [1.29, 1.82) is 0 Å². The minimum Gasteiger partial charge on any atom is -0.324 e. The Labute approximate surface area is 106 Å². The van der Waals surface area contributed by atoms with Crippen LogP contribution in [0.1, 0.15) is 26.7 Å². The van der Waals surface area contributed by atoms with Gasteiger partial charge in [0.25, 0.3) is 0 Å². The zero-order valence-corrected chi connectivity index (χ0v) is 11.3. The molecule has 0 aromatic rings. The van der Waals surface area contributed by atoms with Gasteiger partial charge in [-0.2, -0.15) is 0 Å². The zero-order valence-electron chi connectivity index (χ0n) is 11.3. The van der Waals surface area contributed by atoms with Gasteiger partial charge < -0.3 is 10.6 Å². The highest BCUT2D eigenvalue weighted by Crippen LogP contribution is 2.21. The molecule has 3 unspecified atom stereocenters. The summed E-state index contributed by atoms with van der Waals surface area (Å²) in [6.07, 6.45) is 6.97. The highest BCUT2D eigenvalue weighted by atomic mass is 15.2. The lowest BCUT2D eigenvalue weighted by molar-refractivity contribution is 0.205. The molecule has 1 heterocycles. The van der Waals surface area contributed by atoms with Gasteiger partial charge in [0, 0.05) is 25.2 Å². The van der Waals surface area contributed by atoms with Crippen molar-refractivity contribution in [3.8, 4) is 0 Å². The summed E-state index contributed by atoms with van der Waals surface area (Å²) in [5, 5.41) is 0. The third-order valence-corrected chi connectivity index (χ3v) is 4.27. The van der Waals surface area contributed by atoms with Gasteiger partial charge in [-0.25, -0.2) is 0 Å². The van der Waals surface area contributed by atoms with Gasteiger partial charge in [0.05, 0.1) is 0 Å². The number of rotatable bonds is 5. The molecule has 3 heteroatoms. The number of nitrogens with zero attached hydrogens (tertiary/aromatic N) is 2. The maximum Gasteiger partial charge on any atom is 0.0235 e. The molecular formula is C14H27N3. The van der Waals surface area contributed by atoms with Crippen molar-refractivity contribution in [3.05, 3.63) is 12.2 Å². The van der Waals surface area contributed by atoms with Gasteiger partial charge in [0.2, 0.25) is 0 Å². The maximum absolute atomic E-state index is 5.90. The van der Waals surface area contributed by atoms with Gasteiger partial charge in [-0.15, -0.1) is 0 Å². The van der Waals surface area contributed by atoms with Gasteiger partial charge in [0.15, 0.2) is 0 Å². The van der Waals surface area contributed by atoms with Crippen LogP contribution in [0, 0.1) is 5.92 Å². The van der Waals surface area contributed by atoms with E-state index < -0.39 is 0 Å². The molecule has 1 fully saturated rings. The molecule has 3 nitrogen and oxygen atoms in total. The minimum atomic E-state index is 0.307. The summed E-state index contributed by atoms with van der Waals surface area (Å²) in [7, 11) is 0. The molecule has 1 aliphatic heterocycles. The van der Waals surface area contributed by atoms with Crippen LogP contribution < -0.4 is 5.73 Å². The molecule has 3 atom stereocenters. The fraction of sp³-hybridized carbons (Fsp3) is 0.857. The summed E-state index contributed by atoms with van der Waals surface area (Å²) in [5.41, 5.74) is 5.90. The lowest BCUT2D eigenvalue weighted by atomic mass is 10.1. The molecule has 0 spiro atoms. The van der Waals surface area contributed by atoms with Crippen LogP contribution >= 0.6 is 0 Å². The van der Waals surface area contributed by atoms with E-state index in [4.69, 9.17) is 5.73 Å². The van der Waals surface area contributed by atoms with E-state index in [1.165, 1.54) is 39.1 Å². The highest BCUT2D eigenvalue weighted by Gasteiger charge is 2.28. The van der Waals surface area contributed by atoms with Crippen LogP contribution in [0.4, 0.5) is 0 Å². The molecule has 0 radical (unpaired) electrons. The van der Waals surface area contributed by atoms with Gasteiger partial charge in [-0.1, -0.05) is 26.0 Å². The van der Waals surface area contributed by atoms with Crippen LogP contribution in [0.5, 0.6) is 0 Å². The van der Waals surface area contributed by atoms with Gasteiger partial charge in [0.1, 0.15) is 0 Å². The molecule has 0 amide bonds. The molecule has 0 saturated carbocycles. The monoisotopic (exact) mass is 237 g/mol. The first-order chi connectivity index (χ1) is 8.22. The number of likely N-dealkylation sites (tertiary alicyclic amines) is 1. The van der Waals surface area contributed by atoms with Crippen molar-refractivity contribution in [2.45, 2.75) is 38.8 Å². The van der Waals surface area contributed by atoms with Gasteiger partial charge in [-0.3, -0.25) is 4.90 Å². The molecule has 98 valence electrons. The van der Waals surface area contributed by atoms with Gasteiger partial charge in [-0.05, 0) is 38.4 Å². The topological polar surface area (TPSA) is 32.5 Å². The summed E-state index contributed by atoms with van der Waals surface area (Å²) in [4.78, 5) is 5.21. The molecule has 2 rings (SSSR count). The number of hydrogen-bond donors (Lipinski definition) is 1. The lowest BCUT2D eigenvalue weighted by Gasteiger charge is -2.26. The molecule has 1 aliphatic carbocycles. The molecule has 2 N–H and O–H groups in total. The van der Waals surface area contributed by atoms with Crippen LogP contribution in [0.3, 0.4) is 0 Å². The summed E-state index contributed by atoms with van der Waals surface area (Å²) < 4.78 is 0. The summed E-state index contributed by atoms with van der Waals surface area (Å²) in [6, 6.07) is 1.09. The normalized spacial score (nSPS) is 34.0. The first-order valence-electron chi connectivity index (χ1n) is 7.13. The summed E-state index contributed by atoms with van der Waals surface area (Å²) >= 11 is 0. The second kappa shape index (κ2) is 5.98. The summed E-state index contributed by atoms with van der Waals surface area (Å²) in [6.45, 7) is 10.6. The second-order valence-corrected chi connectivity index (χ2v) is 5.47. The SMILES string of the molecule is CCN(CC)C1CCN(CC2C=CC(N)C2)C1. The average molecular weight is 237 g/mol. The van der Waals surface area contributed by atoms with E-state index in [-0.39, 0.29) is 0 Å². The fourth-order valence-corrected chi connectivity index (χ4v) is 3.29. The van der Waals surface area contributed by atoms with E-state index in [1.54, 1.807) is 0 Å². The molecule has 0 aromatic heterocycles. The molecular weight excluding hydrogens is 210 g/mol. The zero-order chi connectivity index (χ0) is 12.3. The highest BCUT2D eigenvalue weighted by molar-refractivity contribution is 5.05. The summed E-state index contributed by atoms with van der Waals surface area (Å²) in [5.74, 6) is 0.695. The third kappa shape index (κ3) is 3.30. The molecule has 0 bridgehead atoms. The van der Waals surface area contributed by atoms with Crippen molar-refractivity contribution >= 4 is 0 Å². The minimum absolute atomic E-state index is 0.307. The van der Waals surface area contributed by atoms with E-state index >= 15 is 0 Å². The first kappa shape index (κ1) is 13.1. The van der Waals surface area contributed by atoms with Crippen LogP contribution in [0.25, 0.3) is 0 Å². The van der Waals surface area contributed by atoms with E-state index in [2.05, 4.69) is 35.8 Å². The van der Waals surface area contributed by atoms with Crippen molar-refractivity contribution in [2.24, 2.45) is 11.7 Å². The van der Waals surface area contributed by atoms with Crippen molar-refractivity contribution in [1.82, 2.24) is 9.80 Å². The van der Waals surface area contributed by atoms with E-state index in [0.717, 1.165) is 12.5 Å².